The number of benzene rings is 3. The lowest BCUT2D eigenvalue weighted by molar-refractivity contribution is -0.115. The Morgan fingerprint density at radius 2 is 1.62 bits per heavy atom. The zero-order valence-electron chi connectivity index (χ0n) is 17.4. The summed E-state index contributed by atoms with van der Waals surface area (Å²) in [6.45, 7) is 0.462. The molecule has 0 aliphatic rings. The standard InChI is InChI=1S/C25H22FN3O2S/c1-29(17-19-7-3-2-4-8-19)24(31)21-9-5-6-10-22(21)27-25(32)28-23(30)16-13-18-11-14-20(26)15-12-18/h2-16H,17H2,1H3,(H2,27,28,30,32)/b16-13+. The van der Waals surface area contributed by atoms with E-state index in [9.17, 15) is 14.0 Å². The highest BCUT2D eigenvalue weighted by atomic mass is 32.1. The van der Waals surface area contributed by atoms with E-state index in [4.69, 9.17) is 12.2 Å². The molecule has 0 saturated carbocycles. The molecule has 162 valence electrons. The van der Waals surface area contributed by atoms with Gasteiger partial charge in [-0.15, -0.1) is 0 Å². The maximum Gasteiger partial charge on any atom is 0.256 e. The van der Waals surface area contributed by atoms with Crippen molar-refractivity contribution in [3.8, 4) is 0 Å². The van der Waals surface area contributed by atoms with Gasteiger partial charge in [-0.25, -0.2) is 4.39 Å². The highest BCUT2D eigenvalue weighted by Crippen LogP contribution is 2.18. The van der Waals surface area contributed by atoms with Crippen LogP contribution in [0.25, 0.3) is 6.08 Å². The van der Waals surface area contributed by atoms with Crippen LogP contribution in [0.5, 0.6) is 0 Å². The molecule has 0 bridgehead atoms. The molecule has 2 amide bonds. The number of hydrogen-bond acceptors (Lipinski definition) is 3. The first kappa shape index (κ1) is 22.8. The number of amides is 2. The van der Waals surface area contributed by atoms with Crippen molar-refractivity contribution < 1.29 is 14.0 Å². The van der Waals surface area contributed by atoms with Crippen LogP contribution >= 0.6 is 12.2 Å². The molecule has 0 spiro atoms. The molecule has 0 aliphatic carbocycles. The van der Waals surface area contributed by atoms with Crippen LogP contribution < -0.4 is 10.6 Å². The van der Waals surface area contributed by atoms with Gasteiger partial charge in [-0.05, 0) is 53.7 Å². The summed E-state index contributed by atoms with van der Waals surface area (Å²) in [5.74, 6) is -0.973. The molecular weight excluding hydrogens is 425 g/mol. The summed E-state index contributed by atoms with van der Waals surface area (Å²) >= 11 is 5.23. The van der Waals surface area contributed by atoms with Crippen LogP contribution in [0.3, 0.4) is 0 Å². The molecule has 0 radical (unpaired) electrons. The molecule has 5 nitrogen and oxygen atoms in total. The zero-order chi connectivity index (χ0) is 22.9. The topological polar surface area (TPSA) is 61.4 Å². The Balaban J connectivity index is 1.62. The van der Waals surface area contributed by atoms with Gasteiger partial charge in [0.25, 0.3) is 5.91 Å². The van der Waals surface area contributed by atoms with Crippen molar-refractivity contribution in [1.29, 1.82) is 0 Å². The van der Waals surface area contributed by atoms with Gasteiger partial charge in [0.1, 0.15) is 5.82 Å². The Hall–Kier alpha value is -3.84. The fraction of sp³-hybridized carbons (Fsp3) is 0.0800. The first-order chi connectivity index (χ1) is 15.4. The molecule has 2 N–H and O–H groups in total. The molecule has 0 saturated heterocycles. The van der Waals surface area contributed by atoms with E-state index < -0.39 is 5.91 Å². The summed E-state index contributed by atoms with van der Waals surface area (Å²) in [4.78, 5) is 26.7. The maximum absolute atomic E-state index is 13.0. The highest BCUT2D eigenvalue weighted by molar-refractivity contribution is 7.80. The minimum absolute atomic E-state index is 0.0599. The van der Waals surface area contributed by atoms with E-state index in [2.05, 4.69) is 10.6 Å². The van der Waals surface area contributed by atoms with Crippen LogP contribution in [0.1, 0.15) is 21.5 Å². The Morgan fingerprint density at radius 1 is 0.969 bits per heavy atom. The van der Waals surface area contributed by atoms with E-state index in [0.29, 0.717) is 23.4 Å². The van der Waals surface area contributed by atoms with Gasteiger partial charge in [0.15, 0.2) is 5.11 Å². The Bertz CT molecular complexity index is 1130. The van der Waals surface area contributed by atoms with E-state index in [1.54, 1.807) is 54.4 Å². The van der Waals surface area contributed by atoms with Crippen LogP contribution in [0.2, 0.25) is 0 Å². The number of rotatable bonds is 6. The number of hydrogen-bond donors (Lipinski definition) is 2. The predicted octanol–water partition coefficient (Wildman–Crippen LogP) is 4.62. The summed E-state index contributed by atoms with van der Waals surface area (Å²) in [7, 11) is 1.73. The van der Waals surface area contributed by atoms with Gasteiger partial charge in [-0.3, -0.25) is 14.9 Å². The molecule has 0 unspecified atom stereocenters. The third kappa shape index (κ3) is 6.58. The second-order valence-electron chi connectivity index (χ2n) is 7.02. The van der Waals surface area contributed by atoms with Crippen molar-refractivity contribution >= 4 is 40.9 Å². The van der Waals surface area contributed by atoms with Gasteiger partial charge in [0, 0.05) is 19.7 Å². The number of anilines is 1. The van der Waals surface area contributed by atoms with Crippen LogP contribution in [0.4, 0.5) is 10.1 Å². The first-order valence-corrected chi connectivity index (χ1v) is 10.3. The van der Waals surface area contributed by atoms with Crippen LogP contribution in [0.15, 0.2) is 84.9 Å². The van der Waals surface area contributed by atoms with Gasteiger partial charge in [0.05, 0.1) is 11.3 Å². The lowest BCUT2D eigenvalue weighted by atomic mass is 10.1. The molecule has 0 atom stereocenters. The average Bonchev–Trinajstić information content (AvgIpc) is 2.79. The van der Waals surface area contributed by atoms with Gasteiger partial charge >= 0.3 is 0 Å². The van der Waals surface area contributed by atoms with Crippen molar-refractivity contribution in [3.63, 3.8) is 0 Å². The third-order valence-electron chi connectivity index (χ3n) is 4.55. The van der Waals surface area contributed by atoms with E-state index in [0.717, 1.165) is 5.56 Å². The lowest BCUT2D eigenvalue weighted by Gasteiger charge is -2.20. The first-order valence-electron chi connectivity index (χ1n) is 9.86. The van der Waals surface area contributed by atoms with Gasteiger partial charge in [0.2, 0.25) is 5.91 Å². The molecule has 3 aromatic carbocycles. The normalized spacial score (nSPS) is 10.6. The highest BCUT2D eigenvalue weighted by Gasteiger charge is 2.16. The smallest absolute Gasteiger partial charge is 0.256 e. The second-order valence-corrected chi connectivity index (χ2v) is 7.43. The molecule has 3 aromatic rings. The monoisotopic (exact) mass is 447 g/mol. The molecule has 0 aromatic heterocycles. The van der Waals surface area contributed by atoms with E-state index in [1.807, 2.05) is 30.3 Å². The molecule has 0 fully saturated rings. The van der Waals surface area contributed by atoms with Crippen molar-refractivity contribution in [3.05, 3.63) is 107 Å². The number of carbonyl (C=O) groups excluding carboxylic acids is 2. The fourth-order valence-electron chi connectivity index (χ4n) is 2.97. The minimum atomic E-state index is -0.447. The van der Waals surface area contributed by atoms with Crippen molar-refractivity contribution in [2.45, 2.75) is 6.54 Å². The Labute approximate surface area is 191 Å². The number of thiocarbonyl (C=S) groups is 1. The van der Waals surface area contributed by atoms with Gasteiger partial charge in [-0.1, -0.05) is 54.6 Å². The number of halogens is 1. The Morgan fingerprint density at radius 3 is 2.34 bits per heavy atom. The quantitative estimate of drug-likeness (QED) is 0.428. The summed E-state index contributed by atoms with van der Waals surface area (Å²) in [5, 5.41) is 5.52. The molecule has 3 rings (SSSR count). The summed E-state index contributed by atoms with van der Waals surface area (Å²) in [6, 6.07) is 22.4. The van der Waals surface area contributed by atoms with Crippen molar-refractivity contribution in [2.24, 2.45) is 0 Å². The minimum Gasteiger partial charge on any atom is -0.337 e. The summed E-state index contributed by atoms with van der Waals surface area (Å²) in [6.07, 6.45) is 2.85. The molecule has 32 heavy (non-hydrogen) atoms. The number of nitrogens with zero attached hydrogens (tertiary/aromatic N) is 1. The van der Waals surface area contributed by atoms with E-state index >= 15 is 0 Å². The largest absolute Gasteiger partial charge is 0.337 e. The Kier molecular flexibility index (Phi) is 7.83. The summed E-state index contributed by atoms with van der Waals surface area (Å²) in [5.41, 5.74) is 2.62. The second kappa shape index (κ2) is 11.0. The number of nitrogens with one attached hydrogen (secondary N) is 2. The zero-order valence-corrected chi connectivity index (χ0v) is 18.2. The van der Waals surface area contributed by atoms with Crippen molar-refractivity contribution in [2.75, 3.05) is 12.4 Å². The number of para-hydroxylation sites is 1. The summed E-state index contributed by atoms with van der Waals surface area (Å²) < 4.78 is 13.0. The molecular formula is C25H22FN3O2S. The predicted molar refractivity (Wildman–Crippen MR) is 128 cm³/mol. The number of carbonyl (C=O) groups is 2. The SMILES string of the molecule is CN(Cc1ccccc1)C(=O)c1ccccc1NC(=S)NC(=O)/C=C/c1ccc(F)cc1. The maximum atomic E-state index is 13.0. The van der Waals surface area contributed by atoms with Crippen LogP contribution in [-0.4, -0.2) is 28.9 Å². The van der Waals surface area contributed by atoms with Crippen LogP contribution in [0, 0.1) is 5.82 Å². The van der Waals surface area contributed by atoms with E-state index in [1.165, 1.54) is 18.2 Å². The fourth-order valence-corrected chi connectivity index (χ4v) is 3.18. The van der Waals surface area contributed by atoms with E-state index in [-0.39, 0.29) is 16.8 Å². The average molecular weight is 448 g/mol. The molecule has 7 heteroatoms. The van der Waals surface area contributed by atoms with Crippen LogP contribution in [-0.2, 0) is 11.3 Å². The molecule has 0 aliphatic heterocycles. The van der Waals surface area contributed by atoms with Gasteiger partial charge < -0.3 is 10.2 Å². The molecule has 0 heterocycles. The lowest BCUT2D eigenvalue weighted by Crippen LogP contribution is -2.34. The third-order valence-corrected chi connectivity index (χ3v) is 4.75. The van der Waals surface area contributed by atoms with Gasteiger partial charge in [-0.2, -0.15) is 0 Å². The van der Waals surface area contributed by atoms with Crippen molar-refractivity contribution in [1.82, 2.24) is 10.2 Å².